The molecule has 0 bridgehead atoms. The van der Waals surface area contributed by atoms with E-state index >= 15 is 0 Å². The van der Waals surface area contributed by atoms with Gasteiger partial charge in [-0.2, -0.15) is 0 Å². The number of methoxy groups -OCH3 is 1. The molecule has 0 spiro atoms. The molecular formula is C22H30IN5O2. The lowest BCUT2D eigenvalue weighted by Crippen LogP contribution is -2.30. The van der Waals surface area contributed by atoms with Gasteiger partial charge in [0.2, 0.25) is 0 Å². The molecular weight excluding hydrogens is 493 g/mol. The Labute approximate surface area is 194 Å². The number of hydrogen-bond acceptors (Lipinski definition) is 4. The first kappa shape index (κ1) is 23.8. The second-order valence-electron chi connectivity index (χ2n) is 6.46. The van der Waals surface area contributed by atoms with Crippen LogP contribution in [0.3, 0.4) is 0 Å². The molecule has 0 fully saturated rings. The maximum absolute atomic E-state index is 5.65. The van der Waals surface area contributed by atoms with Gasteiger partial charge in [-0.05, 0) is 44.5 Å². The van der Waals surface area contributed by atoms with Crippen LogP contribution < -0.4 is 20.1 Å². The van der Waals surface area contributed by atoms with Gasteiger partial charge in [0.05, 0.1) is 31.1 Å². The molecule has 0 saturated carbocycles. The van der Waals surface area contributed by atoms with E-state index in [1.54, 1.807) is 7.11 Å². The SMILES string of the molecule is CCNC(=NCCCn1cnc2ccccc21)Nc1ccc(OC)c(OCC)c1.I. The highest BCUT2D eigenvalue weighted by atomic mass is 127. The Hall–Kier alpha value is -2.49. The zero-order chi connectivity index (χ0) is 20.5. The summed E-state index contributed by atoms with van der Waals surface area (Å²) in [5, 5.41) is 6.62. The van der Waals surface area contributed by atoms with E-state index < -0.39 is 0 Å². The predicted octanol–water partition coefficient (Wildman–Crippen LogP) is 4.53. The number of imidazole rings is 1. The molecule has 8 heteroatoms. The van der Waals surface area contributed by atoms with Crippen LogP contribution in [-0.2, 0) is 6.54 Å². The Morgan fingerprint density at radius 3 is 2.73 bits per heavy atom. The van der Waals surface area contributed by atoms with E-state index in [4.69, 9.17) is 14.5 Å². The first-order valence-electron chi connectivity index (χ1n) is 10.0. The van der Waals surface area contributed by atoms with Gasteiger partial charge in [0.25, 0.3) is 0 Å². The fraction of sp³-hybridized carbons (Fsp3) is 0.364. The summed E-state index contributed by atoms with van der Waals surface area (Å²) < 4.78 is 13.2. The standard InChI is InChI=1S/C22H29N5O2.HI/c1-4-23-22(26-17-11-12-20(28-3)21(15-17)29-5-2)24-13-8-14-27-16-25-18-9-6-7-10-19(18)27;/h6-7,9-12,15-16H,4-5,8,13-14H2,1-3H3,(H2,23,24,26);1H. The van der Waals surface area contributed by atoms with Gasteiger partial charge in [0.1, 0.15) is 0 Å². The number of ether oxygens (including phenoxy) is 2. The zero-order valence-electron chi connectivity index (χ0n) is 17.7. The molecule has 0 atom stereocenters. The van der Waals surface area contributed by atoms with Gasteiger partial charge in [-0.25, -0.2) is 4.98 Å². The van der Waals surface area contributed by atoms with Crippen molar-refractivity contribution in [1.82, 2.24) is 14.9 Å². The number of nitrogens with zero attached hydrogens (tertiary/aromatic N) is 3. The molecule has 30 heavy (non-hydrogen) atoms. The van der Waals surface area contributed by atoms with Crippen LogP contribution in [0, 0.1) is 0 Å². The Morgan fingerprint density at radius 1 is 1.13 bits per heavy atom. The van der Waals surface area contributed by atoms with E-state index in [1.807, 2.05) is 49.6 Å². The van der Waals surface area contributed by atoms with Crippen LogP contribution in [0.4, 0.5) is 5.69 Å². The van der Waals surface area contributed by atoms with Crippen molar-refractivity contribution in [3.63, 3.8) is 0 Å². The summed E-state index contributed by atoms with van der Waals surface area (Å²) in [6.45, 7) is 6.95. The molecule has 3 rings (SSSR count). The third kappa shape index (κ3) is 6.25. The minimum absolute atomic E-state index is 0. The van der Waals surface area contributed by atoms with Crippen LogP contribution in [0.2, 0.25) is 0 Å². The van der Waals surface area contributed by atoms with Gasteiger partial charge < -0.3 is 24.7 Å². The third-order valence-corrected chi connectivity index (χ3v) is 4.42. The minimum atomic E-state index is 0. The molecule has 2 aromatic carbocycles. The van der Waals surface area contributed by atoms with Crippen molar-refractivity contribution >= 4 is 46.7 Å². The van der Waals surface area contributed by atoms with Gasteiger partial charge >= 0.3 is 0 Å². The molecule has 0 amide bonds. The normalized spacial score (nSPS) is 11.1. The monoisotopic (exact) mass is 523 g/mol. The Morgan fingerprint density at radius 2 is 1.97 bits per heavy atom. The van der Waals surface area contributed by atoms with Crippen LogP contribution in [-0.4, -0.2) is 42.3 Å². The summed E-state index contributed by atoms with van der Waals surface area (Å²) >= 11 is 0. The van der Waals surface area contributed by atoms with E-state index in [2.05, 4.69) is 33.2 Å². The summed E-state index contributed by atoms with van der Waals surface area (Å²) in [6.07, 6.45) is 2.81. The van der Waals surface area contributed by atoms with Crippen molar-refractivity contribution in [1.29, 1.82) is 0 Å². The number of aromatic nitrogens is 2. The zero-order valence-corrected chi connectivity index (χ0v) is 20.1. The first-order valence-corrected chi connectivity index (χ1v) is 10.0. The molecule has 2 N–H and O–H groups in total. The molecule has 7 nitrogen and oxygen atoms in total. The smallest absolute Gasteiger partial charge is 0.195 e. The van der Waals surface area contributed by atoms with Crippen molar-refractivity contribution < 1.29 is 9.47 Å². The van der Waals surface area contributed by atoms with E-state index in [-0.39, 0.29) is 24.0 Å². The summed E-state index contributed by atoms with van der Waals surface area (Å²) in [7, 11) is 1.64. The van der Waals surface area contributed by atoms with Crippen LogP contribution in [0.5, 0.6) is 11.5 Å². The molecule has 0 saturated heterocycles. The van der Waals surface area contributed by atoms with Crippen molar-refractivity contribution in [3.05, 3.63) is 48.8 Å². The fourth-order valence-electron chi connectivity index (χ4n) is 3.09. The third-order valence-electron chi connectivity index (χ3n) is 4.42. The Balaban J connectivity index is 0.00000320. The van der Waals surface area contributed by atoms with Gasteiger partial charge in [-0.15, -0.1) is 24.0 Å². The van der Waals surface area contributed by atoms with Crippen LogP contribution in [0.1, 0.15) is 20.3 Å². The number of halogens is 1. The lowest BCUT2D eigenvalue weighted by atomic mass is 10.2. The quantitative estimate of drug-likeness (QED) is 0.187. The van der Waals surface area contributed by atoms with Crippen LogP contribution in [0.25, 0.3) is 11.0 Å². The molecule has 0 aliphatic rings. The number of anilines is 1. The Bertz CT molecular complexity index is 958. The summed E-state index contributed by atoms with van der Waals surface area (Å²) in [5.74, 6) is 2.17. The molecule has 0 aliphatic carbocycles. The number of nitrogens with one attached hydrogen (secondary N) is 2. The lowest BCUT2D eigenvalue weighted by Gasteiger charge is -2.14. The maximum atomic E-state index is 5.65. The van der Waals surface area contributed by atoms with E-state index in [1.165, 1.54) is 0 Å². The van der Waals surface area contributed by atoms with Gasteiger partial charge in [-0.1, -0.05) is 12.1 Å². The lowest BCUT2D eigenvalue weighted by molar-refractivity contribution is 0.311. The minimum Gasteiger partial charge on any atom is -0.493 e. The van der Waals surface area contributed by atoms with Gasteiger partial charge in [0, 0.05) is 31.4 Å². The van der Waals surface area contributed by atoms with Crippen LogP contribution >= 0.6 is 24.0 Å². The fourth-order valence-corrected chi connectivity index (χ4v) is 3.09. The van der Waals surface area contributed by atoms with Crippen LogP contribution in [0.15, 0.2) is 53.8 Å². The van der Waals surface area contributed by atoms with Crippen molar-refractivity contribution in [2.24, 2.45) is 4.99 Å². The van der Waals surface area contributed by atoms with Crippen molar-refractivity contribution in [3.8, 4) is 11.5 Å². The second-order valence-corrected chi connectivity index (χ2v) is 6.46. The molecule has 162 valence electrons. The van der Waals surface area contributed by atoms with Crippen molar-refractivity contribution in [2.75, 3.05) is 32.1 Å². The number of aliphatic imine (C=N–C) groups is 1. The molecule has 1 aromatic heterocycles. The highest BCUT2D eigenvalue weighted by Gasteiger charge is 2.07. The largest absolute Gasteiger partial charge is 0.493 e. The number of fused-ring (bicyclic) bond motifs is 1. The predicted molar refractivity (Wildman–Crippen MR) is 134 cm³/mol. The van der Waals surface area contributed by atoms with E-state index in [0.29, 0.717) is 24.7 Å². The molecule has 0 aliphatic heterocycles. The highest BCUT2D eigenvalue weighted by molar-refractivity contribution is 14.0. The average Bonchev–Trinajstić information content (AvgIpc) is 3.15. The number of aryl methyl sites for hydroxylation is 1. The maximum Gasteiger partial charge on any atom is 0.195 e. The number of benzene rings is 2. The summed E-state index contributed by atoms with van der Waals surface area (Å²) in [6, 6.07) is 13.9. The van der Waals surface area contributed by atoms with E-state index in [0.717, 1.165) is 42.2 Å². The first-order chi connectivity index (χ1) is 14.2. The van der Waals surface area contributed by atoms with Crippen molar-refractivity contribution in [2.45, 2.75) is 26.8 Å². The Kier molecular flexibility index (Phi) is 9.72. The summed E-state index contributed by atoms with van der Waals surface area (Å²) in [4.78, 5) is 9.13. The highest BCUT2D eigenvalue weighted by Crippen LogP contribution is 2.30. The van der Waals surface area contributed by atoms with E-state index in [9.17, 15) is 0 Å². The molecule has 0 radical (unpaired) electrons. The number of guanidine groups is 1. The molecule has 0 unspecified atom stereocenters. The second kappa shape index (κ2) is 12.3. The van der Waals surface area contributed by atoms with Gasteiger partial charge in [-0.3, -0.25) is 4.99 Å². The van der Waals surface area contributed by atoms with Gasteiger partial charge in [0.15, 0.2) is 17.5 Å². The number of rotatable bonds is 9. The summed E-state index contributed by atoms with van der Waals surface area (Å²) in [5.41, 5.74) is 3.08. The number of hydrogen-bond donors (Lipinski definition) is 2. The average molecular weight is 523 g/mol. The molecule has 1 heterocycles. The number of para-hydroxylation sites is 2. The molecule has 3 aromatic rings. The topological polar surface area (TPSA) is 72.7 Å².